The monoisotopic (exact) mass is 383 g/mol. The zero-order valence-corrected chi connectivity index (χ0v) is 20.2. The highest BCUT2D eigenvalue weighted by Gasteiger charge is 2.00. The Hall–Kier alpha value is -2.15. The lowest BCUT2D eigenvalue weighted by Crippen LogP contribution is -1.97. The average molecular weight is 384 g/mol. The van der Waals surface area contributed by atoms with Crippen molar-refractivity contribution in [1.82, 2.24) is 4.98 Å². The molecule has 158 valence electrons. The van der Waals surface area contributed by atoms with Crippen molar-refractivity contribution < 1.29 is 0 Å². The number of pyridine rings is 1. The highest BCUT2D eigenvalue weighted by Crippen LogP contribution is 2.14. The molecule has 0 unspecified atom stereocenters. The second-order valence-electron chi connectivity index (χ2n) is 7.46. The van der Waals surface area contributed by atoms with E-state index in [0.29, 0.717) is 11.3 Å². The zero-order valence-electron chi connectivity index (χ0n) is 20.2. The first-order valence-electron chi connectivity index (χ1n) is 10.2. The lowest BCUT2D eigenvalue weighted by molar-refractivity contribution is 0.543. The summed E-state index contributed by atoms with van der Waals surface area (Å²) in [5.74, 6) is 0.653. The van der Waals surface area contributed by atoms with Crippen LogP contribution in [0.15, 0.2) is 74.1 Å². The Bertz CT molecular complexity index is 572. The van der Waals surface area contributed by atoms with Gasteiger partial charge in [-0.2, -0.15) is 0 Å². The quantitative estimate of drug-likeness (QED) is 0.448. The van der Waals surface area contributed by atoms with Crippen molar-refractivity contribution in [1.29, 1.82) is 0 Å². The predicted octanol–water partition coefficient (Wildman–Crippen LogP) is 8.95. The molecule has 0 amide bonds. The number of nitrogens with zero attached hydrogens (tertiary/aromatic N) is 1. The molecule has 1 heteroatoms. The third-order valence-corrected chi connectivity index (χ3v) is 3.26. The van der Waals surface area contributed by atoms with Crippen LogP contribution in [-0.2, 0) is 0 Å². The number of hydrogen-bond acceptors (Lipinski definition) is 1. The molecule has 0 N–H and O–H groups in total. The molecular formula is C27H45N. The lowest BCUT2D eigenvalue weighted by Gasteiger charge is -2.09. The molecule has 0 saturated heterocycles. The minimum absolute atomic E-state index is 0.370. The number of allylic oxidation sites excluding steroid dienone is 2. The van der Waals surface area contributed by atoms with Crippen LogP contribution in [0.3, 0.4) is 0 Å². The third kappa shape index (κ3) is 21.9. The molecule has 0 aliphatic heterocycles. The fourth-order valence-electron chi connectivity index (χ4n) is 1.88. The van der Waals surface area contributed by atoms with Crippen molar-refractivity contribution in [3.05, 3.63) is 90.8 Å². The number of aryl methyl sites for hydroxylation is 2. The van der Waals surface area contributed by atoms with Crippen molar-refractivity contribution in [3.8, 4) is 0 Å². The minimum Gasteiger partial charge on any atom is -0.265 e. The lowest BCUT2D eigenvalue weighted by atomic mass is 9.97. The third-order valence-electron chi connectivity index (χ3n) is 3.26. The summed E-state index contributed by atoms with van der Waals surface area (Å²) in [6.45, 7) is 27.2. The van der Waals surface area contributed by atoms with Gasteiger partial charge in [-0.25, -0.2) is 0 Å². The van der Waals surface area contributed by atoms with Gasteiger partial charge in [-0.15, -0.1) is 13.2 Å². The highest BCUT2D eigenvalue weighted by atomic mass is 14.6. The van der Waals surface area contributed by atoms with Crippen molar-refractivity contribution in [2.45, 2.75) is 75.2 Å². The number of hydrogen-bond donors (Lipinski definition) is 0. The van der Waals surface area contributed by atoms with Crippen molar-refractivity contribution in [3.63, 3.8) is 0 Å². The average Bonchev–Trinajstić information content (AvgIpc) is 2.66. The van der Waals surface area contributed by atoms with E-state index in [1.54, 1.807) is 12.4 Å². The fourth-order valence-corrected chi connectivity index (χ4v) is 1.88. The van der Waals surface area contributed by atoms with Crippen LogP contribution in [0.1, 0.15) is 78.0 Å². The molecule has 0 saturated carbocycles. The first-order valence-corrected chi connectivity index (χ1v) is 10.2. The SMILES string of the molecule is C/C=C/C(C)(C)C.C=C.CC.Cc1ccc(C(C)C)cc1.Cc1ccncc1. The summed E-state index contributed by atoms with van der Waals surface area (Å²) in [4.78, 5) is 3.85. The summed E-state index contributed by atoms with van der Waals surface area (Å²) in [5.41, 5.74) is 4.39. The zero-order chi connectivity index (χ0) is 22.6. The molecule has 1 aromatic carbocycles. The maximum Gasteiger partial charge on any atom is 0.0270 e. The standard InChI is InChI=1S/C10H14.C7H14.C6H7N.C2H6.C2H4/c1-8(2)10-6-4-9(3)5-7-10;1-5-6-7(2,3)4;1-6-2-4-7-5-3-6;2*1-2/h4-8H,1-3H3;5-6H,1-4H3;2-5H,1H3;1-2H3;1-2H2/b;6-5+;;;. The molecule has 1 aromatic heterocycles. The van der Waals surface area contributed by atoms with Crippen molar-refractivity contribution >= 4 is 0 Å². The fraction of sp³-hybridized carbons (Fsp3) is 0.444. The second kappa shape index (κ2) is 19.6. The smallest absolute Gasteiger partial charge is 0.0270 e. The molecule has 1 heterocycles. The molecular weight excluding hydrogens is 338 g/mol. The van der Waals surface area contributed by atoms with E-state index in [4.69, 9.17) is 0 Å². The second-order valence-corrected chi connectivity index (χ2v) is 7.46. The van der Waals surface area contributed by atoms with Gasteiger partial charge in [0.15, 0.2) is 0 Å². The number of benzene rings is 1. The molecule has 2 rings (SSSR count). The molecule has 0 radical (unpaired) electrons. The van der Waals surface area contributed by atoms with Gasteiger partial charge in [0.1, 0.15) is 0 Å². The van der Waals surface area contributed by atoms with Gasteiger partial charge in [-0.05, 0) is 55.4 Å². The summed E-state index contributed by atoms with van der Waals surface area (Å²) in [5, 5.41) is 0. The Morgan fingerprint density at radius 3 is 1.43 bits per heavy atom. The maximum atomic E-state index is 3.85. The molecule has 2 aromatic rings. The van der Waals surface area contributed by atoms with E-state index in [-0.39, 0.29) is 0 Å². The Labute approximate surface area is 176 Å². The van der Waals surface area contributed by atoms with E-state index in [9.17, 15) is 0 Å². The summed E-state index contributed by atoms with van der Waals surface area (Å²) < 4.78 is 0. The topological polar surface area (TPSA) is 12.9 Å². The van der Waals surface area contributed by atoms with Gasteiger partial charge < -0.3 is 0 Å². The van der Waals surface area contributed by atoms with E-state index in [1.165, 1.54) is 16.7 Å². The highest BCUT2D eigenvalue weighted by molar-refractivity contribution is 5.23. The van der Waals surface area contributed by atoms with E-state index in [1.807, 2.05) is 39.8 Å². The van der Waals surface area contributed by atoms with E-state index < -0.39 is 0 Å². The first-order chi connectivity index (χ1) is 13.2. The van der Waals surface area contributed by atoms with Crippen LogP contribution in [0.2, 0.25) is 0 Å². The Morgan fingerprint density at radius 1 is 0.821 bits per heavy atom. The molecule has 0 atom stereocenters. The van der Waals surface area contributed by atoms with Crippen LogP contribution >= 0.6 is 0 Å². The van der Waals surface area contributed by atoms with Gasteiger partial charge in [-0.3, -0.25) is 4.98 Å². The van der Waals surface area contributed by atoms with Gasteiger partial charge in [0.05, 0.1) is 0 Å². The summed E-state index contributed by atoms with van der Waals surface area (Å²) >= 11 is 0. The predicted molar refractivity (Wildman–Crippen MR) is 131 cm³/mol. The van der Waals surface area contributed by atoms with Gasteiger partial charge in [-0.1, -0.05) is 90.4 Å². The normalized spacial score (nSPS) is 9.54. The van der Waals surface area contributed by atoms with Crippen LogP contribution in [0.4, 0.5) is 0 Å². The summed E-state index contributed by atoms with van der Waals surface area (Å²) in [7, 11) is 0. The molecule has 0 fully saturated rings. The van der Waals surface area contributed by atoms with Gasteiger partial charge in [0.25, 0.3) is 0 Å². The largest absolute Gasteiger partial charge is 0.265 e. The Morgan fingerprint density at radius 2 is 1.21 bits per heavy atom. The van der Waals surface area contributed by atoms with Crippen LogP contribution in [-0.4, -0.2) is 4.98 Å². The summed E-state index contributed by atoms with van der Waals surface area (Å²) in [6.07, 6.45) is 7.84. The Balaban J connectivity index is -0.000000313. The van der Waals surface area contributed by atoms with Crippen LogP contribution in [0.25, 0.3) is 0 Å². The Kier molecular flexibility index (Phi) is 21.4. The maximum absolute atomic E-state index is 3.85. The molecule has 0 aliphatic carbocycles. The number of aromatic nitrogens is 1. The van der Waals surface area contributed by atoms with E-state index in [0.717, 1.165) is 0 Å². The van der Waals surface area contributed by atoms with Gasteiger partial charge in [0.2, 0.25) is 0 Å². The van der Waals surface area contributed by atoms with Gasteiger partial charge in [0, 0.05) is 12.4 Å². The van der Waals surface area contributed by atoms with Crippen LogP contribution in [0, 0.1) is 19.3 Å². The molecule has 0 aliphatic rings. The molecule has 0 bridgehead atoms. The number of rotatable bonds is 1. The molecule has 1 nitrogen and oxygen atoms in total. The minimum atomic E-state index is 0.370. The molecule has 0 spiro atoms. The van der Waals surface area contributed by atoms with E-state index >= 15 is 0 Å². The molecule has 28 heavy (non-hydrogen) atoms. The van der Waals surface area contributed by atoms with Crippen molar-refractivity contribution in [2.24, 2.45) is 5.41 Å². The van der Waals surface area contributed by atoms with E-state index in [2.05, 4.69) is 96.1 Å². The van der Waals surface area contributed by atoms with Gasteiger partial charge >= 0.3 is 0 Å². The summed E-state index contributed by atoms with van der Waals surface area (Å²) in [6, 6.07) is 12.7. The van der Waals surface area contributed by atoms with Crippen molar-refractivity contribution in [2.75, 3.05) is 0 Å². The first kappa shape index (κ1) is 30.6. The van der Waals surface area contributed by atoms with Crippen LogP contribution in [0.5, 0.6) is 0 Å². The van der Waals surface area contributed by atoms with Crippen LogP contribution < -0.4 is 0 Å².